The molecule has 4 aromatic rings. The van der Waals surface area contributed by atoms with Crippen LogP contribution in [0.2, 0.25) is 0 Å². The molecule has 4 amide bonds. The highest BCUT2D eigenvalue weighted by Crippen LogP contribution is 2.42. The fraction of sp³-hybridized carbons (Fsp3) is 0.537. The Balaban J connectivity index is 1.29. The summed E-state index contributed by atoms with van der Waals surface area (Å²) in [6, 6.07) is 12.3. The lowest BCUT2D eigenvalue weighted by atomic mass is 9.84. The summed E-state index contributed by atoms with van der Waals surface area (Å²) in [6.07, 6.45) is 3.38. The highest BCUT2D eigenvalue weighted by Gasteiger charge is 2.40. The van der Waals surface area contributed by atoms with Gasteiger partial charge in [-0.15, -0.1) is 0 Å². The Morgan fingerprint density at radius 2 is 1.89 bits per heavy atom. The van der Waals surface area contributed by atoms with E-state index in [1.165, 1.54) is 15.9 Å². The van der Waals surface area contributed by atoms with E-state index in [1.807, 2.05) is 45.0 Å². The topological polar surface area (TPSA) is 182 Å². The Hall–Kier alpha value is -5.72. The number of pyridine rings is 1. The van der Waals surface area contributed by atoms with Crippen LogP contribution < -0.4 is 10.7 Å². The number of esters is 1. The van der Waals surface area contributed by atoms with Crippen LogP contribution in [-0.4, -0.2) is 147 Å². The molecule has 2 unspecified atom stereocenters. The number of likely N-dealkylation sites (tertiary alicyclic amines) is 1. The average molecular weight is 981 g/mol. The number of benzene rings is 2. The lowest BCUT2D eigenvalue weighted by Gasteiger charge is -2.40. The number of hydrazine groups is 1. The van der Waals surface area contributed by atoms with Crippen molar-refractivity contribution in [3.63, 3.8) is 0 Å². The van der Waals surface area contributed by atoms with Crippen LogP contribution >= 0.6 is 0 Å². The number of methoxy groups -OCH3 is 1. The van der Waals surface area contributed by atoms with E-state index in [2.05, 4.69) is 60.9 Å². The minimum atomic E-state index is -1.38. The molecule has 2 fully saturated rings. The molecule has 0 saturated carbocycles. The first-order chi connectivity index (χ1) is 33.9. The van der Waals surface area contributed by atoms with Gasteiger partial charge >= 0.3 is 12.0 Å². The van der Waals surface area contributed by atoms with E-state index in [9.17, 15) is 29.4 Å². The Morgan fingerprint density at radius 1 is 1.11 bits per heavy atom. The van der Waals surface area contributed by atoms with Gasteiger partial charge in [0.05, 0.1) is 42.8 Å². The molecule has 0 aliphatic carbocycles. The number of fused-ring (bicyclic) bond motifs is 6. The zero-order chi connectivity index (χ0) is 51.3. The van der Waals surface area contributed by atoms with Crippen LogP contribution in [0.4, 0.5) is 9.18 Å². The lowest BCUT2D eigenvalue weighted by molar-refractivity contribution is -0.157. The van der Waals surface area contributed by atoms with E-state index in [-0.39, 0.29) is 56.7 Å². The van der Waals surface area contributed by atoms with Gasteiger partial charge in [-0.05, 0) is 116 Å². The number of alkyl halides is 1. The first-order valence-electron chi connectivity index (χ1n) is 25.0. The fourth-order valence-electron chi connectivity index (χ4n) is 10.8. The Bertz CT molecular complexity index is 2580. The number of likely N-dealkylation sites (N-methyl/N-ethyl adjacent to an activating group) is 1. The number of aryl methyl sites for hydroxylation is 1. The first-order valence-corrected chi connectivity index (χ1v) is 25.0. The number of urea groups is 1. The number of carbonyl (C=O) groups is 4. The number of nitrogens with zero attached hydrogens (tertiary/aromatic N) is 6. The van der Waals surface area contributed by atoms with Crippen LogP contribution in [0.15, 0.2) is 67.4 Å². The molecule has 2 saturated heterocycles. The summed E-state index contributed by atoms with van der Waals surface area (Å²) in [4.78, 5) is 64.9. The number of aliphatic hydroxyl groups excluding tert-OH is 2. The summed E-state index contributed by atoms with van der Waals surface area (Å²) in [6.45, 7) is 16.3. The zero-order valence-corrected chi connectivity index (χ0v) is 42.6. The number of halogens is 1. The van der Waals surface area contributed by atoms with Gasteiger partial charge in [0, 0.05) is 75.0 Å². The minimum absolute atomic E-state index is 0.0643. The van der Waals surface area contributed by atoms with Crippen LogP contribution in [0, 0.1) is 11.3 Å². The third kappa shape index (κ3) is 11.5. The van der Waals surface area contributed by atoms with Gasteiger partial charge in [0.1, 0.15) is 25.0 Å². The second-order valence-corrected chi connectivity index (χ2v) is 20.4. The van der Waals surface area contributed by atoms with Crippen molar-refractivity contribution >= 4 is 34.7 Å². The molecular formula is C54H73FN8O8. The molecule has 4 N–H and O–H groups in total. The van der Waals surface area contributed by atoms with E-state index < -0.39 is 54.4 Å². The molecule has 17 heteroatoms. The molecule has 0 spiro atoms. The number of aliphatic hydroxyl groups is 2. The number of carbonyl (C=O) groups excluding carboxylic acids is 4. The Kier molecular flexibility index (Phi) is 17.0. The second kappa shape index (κ2) is 22.8. The first kappa shape index (κ1) is 53.1. The predicted molar refractivity (Wildman–Crippen MR) is 270 cm³/mol. The summed E-state index contributed by atoms with van der Waals surface area (Å²) >= 11 is 0. The van der Waals surface area contributed by atoms with Crippen molar-refractivity contribution in [2.24, 2.45) is 11.3 Å². The molecule has 0 radical (unpaired) electrons. The normalized spacial score (nSPS) is 22.3. The smallest absolute Gasteiger partial charge is 0.324 e. The molecule has 3 aliphatic rings. The maximum atomic E-state index is 15.0. The predicted octanol–water partition coefficient (Wildman–Crippen LogP) is 6.16. The van der Waals surface area contributed by atoms with Crippen LogP contribution in [-0.2, 0) is 49.9 Å². The van der Waals surface area contributed by atoms with Crippen molar-refractivity contribution in [2.45, 2.75) is 123 Å². The number of hydrogen-bond acceptors (Lipinski definition) is 11. The van der Waals surface area contributed by atoms with Gasteiger partial charge in [-0.3, -0.25) is 19.4 Å². The molecule has 384 valence electrons. The Morgan fingerprint density at radius 3 is 2.58 bits per heavy atom. The van der Waals surface area contributed by atoms with E-state index in [4.69, 9.17) is 14.5 Å². The van der Waals surface area contributed by atoms with E-state index in [1.54, 1.807) is 36.3 Å². The second-order valence-electron chi connectivity index (χ2n) is 20.4. The molecule has 5 heterocycles. The zero-order valence-electron chi connectivity index (χ0n) is 42.6. The largest absolute Gasteiger partial charge is 0.464 e. The number of nitrogens with one attached hydrogen (secondary N) is 2. The van der Waals surface area contributed by atoms with Crippen molar-refractivity contribution in [3.8, 4) is 22.4 Å². The van der Waals surface area contributed by atoms with Gasteiger partial charge in [-0.1, -0.05) is 52.5 Å². The SMILES string of the molecule is C=CC(=O)N(CCO)[C@H]1CCN(C(=O)N(C)[C@H](C(=O)N[C@H]2Cc3cc(CF)cc(c3)-c3ccc4c(c3)c(c(-c3cccnc3[C@H](C)OC)n4CC)CC(C)(C)COC(=O)[C@@H]3CCCN(N3)C2O)C(C)C)C1. The van der Waals surface area contributed by atoms with Crippen LogP contribution in [0.1, 0.15) is 89.3 Å². The Labute approximate surface area is 417 Å². The van der Waals surface area contributed by atoms with Crippen molar-refractivity contribution in [2.75, 3.05) is 53.6 Å². The number of amides is 4. The fourth-order valence-corrected chi connectivity index (χ4v) is 10.8. The maximum absolute atomic E-state index is 15.0. The molecule has 3 aliphatic heterocycles. The summed E-state index contributed by atoms with van der Waals surface area (Å²) in [5.41, 5.74) is 10.1. The molecule has 71 heavy (non-hydrogen) atoms. The maximum Gasteiger partial charge on any atom is 0.324 e. The summed E-state index contributed by atoms with van der Waals surface area (Å²) in [5, 5.41) is 27.7. The number of ether oxygens (including phenoxy) is 2. The molecule has 7 atom stereocenters. The van der Waals surface area contributed by atoms with E-state index in [0.717, 1.165) is 44.5 Å². The third-order valence-corrected chi connectivity index (χ3v) is 14.4. The van der Waals surface area contributed by atoms with Crippen molar-refractivity contribution < 1.29 is 43.3 Å². The van der Waals surface area contributed by atoms with Crippen molar-refractivity contribution in [3.05, 3.63) is 89.8 Å². The highest BCUT2D eigenvalue weighted by atomic mass is 19.1. The van der Waals surface area contributed by atoms with Crippen molar-refractivity contribution in [1.82, 2.24) is 40.0 Å². The third-order valence-electron chi connectivity index (χ3n) is 14.4. The lowest BCUT2D eigenvalue weighted by Crippen LogP contribution is -2.64. The van der Waals surface area contributed by atoms with Crippen LogP contribution in [0.3, 0.4) is 0 Å². The monoisotopic (exact) mass is 981 g/mol. The van der Waals surface area contributed by atoms with E-state index >= 15 is 4.39 Å². The number of hydrogen-bond donors (Lipinski definition) is 4. The van der Waals surface area contributed by atoms with Gasteiger partial charge in [-0.25, -0.2) is 19.6 Å². The van der Waals surface area contributed by atoms with Gasteiger partial charge in [0.25, 0.3) is 0 Å². The van der Waals surface area contributed by atoms with Crippen LogP contribution in [0.25, 0.3) is 33.3 Å². The molecule has 6 bridgehead atoms. The minimum Gasteiger partial charge on any atom is -0.464 e. The summed E-state index contributed by atoms with van der Waals surface area (Å²) in [5.74, 6) is -1.68. The quantitative estimate of drug-likeness (QED) is 0.0890. The number of rotatable bonds is 13. The van der Waals surface area contributed by atoms with E-state index in [0.29, 0.717) is 56.4 Å². The summed E-state index contributed by atoms with van der Waals surface area (Å²) in [7, 11) is 3.23. The van der Waals surface area contributed by atoms with Gasteiger partial charge in [0.2, 0.25) is 11.8 Å². The van der Waals surface area contributed by atoms with Crippen LogP contribution in [0.5, 0.6) is 0 Å². The van der Waals surface area contributed by atoms with Gasteiger partial charge in [-0.2, -0.15) is 0 Å². The van der Waals surface area contributed by atoms with Gasteiger partial charge in [0.15, 0.2) is 0 Å². The van der Waals surface area contributed by atoms with Crippen molar-refractivity contribution in [1.29, 1.82) is 0 Å². The summed E-state index contributed by atoms with van der Waals surface area (Å²) < 4.78 is 29.3. The standard InChI is InChI=1S/C54H73FN8O8/c1-10-46(65)62(22-23-64)39-18-21-60(31-39)53(69)59(8)48(33(3)4)50(66)57-44-27-35-24-36(30-55)26-38(25-35)37-16-17-45-41(28-37)42(49(61(45)11-2)40-14-12-19-56-47(40)34(5)70-9)29-54(6,7)32-71-52(68)43-15-13-20-63(58-43)51(44)67/h10,12,14,16-17,19,24-26,28,33-34,39,43-44,48,51,58,64,67H,1,11,13,15,18,20-23,27,29-32H2,2-9H3,(H,57,66)/t34-,39-,43-,44-,48-,51?/m0/s1. The van der Waals surface area contributed by atoms with Gasteiger partial charge < -0.3 is 44.3 Å². The molecule has 16 nitrogen and oxygen atoms in total. The molecule has 2 aromatic heterocycles. The molecule has 7 rings (SSSR count). The molecule has 2 aromatic carbocycles. The number of cyclic esters (lactones) is 1. The highest BCUT2D eigenvalue weighted by molar-refractivity contribution is 5.95. The number of aromatic nitrogens is 2. The average Bonchev–Trinajstić information content (AvgIpc) is 3.98. The molecular weight excluding hydrogens is 908 g/mol.